The molecule has 266 valence electrons. The zero-order valence-corrected chi connectivity index (χ0v) is 30.0. The SMILES string of the molecule is COc1nc(-c2cccc(-c3cccc(-c4cc5c(c(OC)n4)[C@@H](NC[C@@H]4CCC(=O)N4)CO5)c3Cl)c2C)cnc1CN1CCN(C(C)=O)CC1. The molecule has 0 bridgehead atoms. The molecule has 0 unspecified atom stereocenters. The number of fused-ring (bicyclic) bond motifs is 1. The molecular formula is C38H42ClN7O5. The van der Waals surface area contributed by atoms with Crippen molar-refractivity contribution >= 4 is 23.4 Å². The summed E-state index contributed by atoms with van der Waals surface area (Å²) in [5, 5.41) is 7.07. The van der Waals surface area contributed by atoms with Crippen LogP contribution in [0, 0.1) is 6.92 Å². The minimum absolute atomic E-state index is 0.0895. The summed E-state index contributed by atoms with van der Waals surface area (Å²) < 4.78 is 17.6. The molecule has 2 aromatic carbocycles. The molecule has 3 aliphatic heterocycles. The summed E-state index contributed by atoms with van der Waals surface area (Å²) in [5.74, 6) is 1.84. The Balaban J connectivity index is 1.14. The van der Waals surface area contributed by atoms with Crippen LogP contribution in [0.3, 0.4) is 0 Å². The summed E-state index contributed by atoms with van der Waals surface area (Å²) in [7, 11) is 3.22. The summed E-state index contributed by atoms with van der Waals surface area (Å²) in [5.41, 5.74) is 7.44. The smallest absolute Gasteiger partial charge is 0.237 e. The fourth-order valence-corrected chi connectivity index (χ4v) is 7.47. The number of ether oxygens (including phenoxy) is 3. The van der Waals surface area contributed by atoms with Crippen molar-refractivity contribution < 1.29 is 23.8 Å². The van der Waals surface area contributed by atoms with Crippen LogP contribution in [-0.4, -0.2) is 96.2 Å². The van der Waals surface area contributed by atoms with Crippen molar-refractivity contribution in [2.45, 2.75) is 45.3 Å². The topological polar surface area (TPSA) is 131 Å². The van der Waals surface area contributed by atoms with Gasteiger partial charge in [-0.05, 0) is 24.5 Å². The Kier molecular flexibility index (Phi) is 10.1. The molecule has 0 radical (unpaired) electrons. The molecule has 2 atom stereocenters. The maximum Gasteiger partial charge on any atom is 0.237 e. The minimum atomic E-state index is -0.111. The van der Waals surface area contributed by atoms with E-state index in [-0.39, 0.29) is 23.9 Å². The molecule has 13 heteroatoms. The van der Waals surface area contributed by atoms with Crippen LogP contribution < -0.4 is 24.8 Å². The van der Waals surface area contributed by atoms with Crippen molar-refractivity contribution in [2.24, 2.45) is 0 Å². The Hall–Kier alpha value is -4.78. The van der Waals surface area contributed by atoms with Gasteiger partial charge in [-0.3, -0.25) is 19.5 Å². The Morgan fingerprint density at radius 1 is 1.00 bits per heavy atom. The molecule has 12 nitrogen and oxygen atoms in total. The number of carbonyl (C=O) groups excluding carboxylic acids is 2. The van der Waals surface area contributed by atoms with Crippen LogP contribution in [-0.2, 0) is 16.1 Å². The van der Waals surface area contributed by atoms with E-state index in [9.17, 15) is 9.59 Å². The summed E-state index contributed by atoms with van der Waals surface area (Å²) in [6.07, 6.45) is 3.16. The molecule has 3 aliphatic rings. The maximum atomic E-state index is 11.7. The standard InChI is InChI=1S/C38H42ClN7O5/c1-22-25(7-5-8-26(22)30-19-41-31(37(44-30)49-3)20-45-13-15-46(16-14-45)23(2)47)27-9-6-10-28(36(27)39)29-17-33-35(38(43-29)50-4)32(21-51-33)40-18-24-11-12-34(48)42-24/h5-10,17,19,24,32,40H,11-16,18,20-21H2,1-4H3,(H,42,48)/t24-,32-/m0/s1. The van der Waals surface area contributed by atoms with E-state index in [0.717, 1.165) is 58.6 Å². The van der Waals surface area contributed by atoms with Gasteiger partial charge in [0, 0.05) is 81.4 Å². The first-order chi connectivity index (χ1) is 24.7. The number of carbonyl (C=O) groups is 2. The lowest BCUT2D eigenvalue weighted by Gasteiger charge is -2.34. The van der Waals surface area contributed by atoms with Crippen LogP contribution in [0.1, 0.15) is 42.6 Å². The van der Waals surface area contributed by atoms with Gasteiger partial charge in [0.25, 0.3) is 0 Å². The molecule has 4 aromatic rings. The van der Waals surface area contributed by atoms with Gasteiger partial charge in [-0.25, -0.2) is 9.97 Å². The largest absolute Gasteiger partial charge is 0.491 e. The predicted molar refractivity (Wildman–Crippen MR) is 194 cm³/mol. The number of nitrogens with one attached hydrogen (secondary N) is 2. The lowest BCUT2D eigenvalue weighted by atomic mass is 9.93. The molecule has 2 saturated heterocycles. The van der Waals surface area contributed by atoms with Gasteiger partial charge in [0.1, 0.15) is 18.1 Å². The van der Waals surface area contributed by atoms with Gasteiger partial charge in [0.2, 0.25) is 23.6 Å². The molecule has 0 saturated carbocycles. The van der Waals surface area contributed by atoms with Gasteiger partial charge in [-0.1, -0.05) is 48.0 Å². The average molecular weight is 712 g/mol. The second kappa shape index (κ2) is 14.8. The van der Waals surface area contributed by atoms with Crippen molar-refractivity contribution in [3.63, 3.8) is 0 Å². The number of amides is 2. The van der Waals surface area contributed by atoms with E-state index >= 15 is 0 Å². The van der Waals surface area contributed by atoms with E-state index in [1.165, 1.54) is 0 Å². The molecule has 0 spiro atoms. The number of hydrogen-bond acceptors (Lipinski definition) is 10. The van der Waals surface area contributed by atoms with Crippen LogP contribution in [0.25, 0.3) is 33.6 Å². The zero-order chi connectivity index (χ0) is 35.6. The minimum Gasteiger partial charge on any atom is -0.491 e. The van der Waals surface area contributed by atoms with Crippen LogP contribution in [0.4, 0.5) is 0 Å². The molecule has 0 aliphatic carbocycles. The highest BCUT2D eigenvalue weighted by molar-refractivity contribution is 6.36. The molecule has 7 rings (SSSR count). The van der Waals surface area contributed by atoms with E-state index in [2.05, 4.69) is 22.5 Å². The van der Waals surface area contributed by atoms with Crippen molar-refractivity contribution in [3.05, 3.63) is 70.5 Å². The quantitative estimate of drug-likeness (QED) is 0.236. The Labute approximate surface area is 302 Å². The van der Waals surface area contributed by atoms with Crippen molar-refractivity contribution in [1.29, 1.82) is 0 Å². The fourth-order valence-electron chi connectivity index (χ4n) is 7.15. The highest BCUT2D eigenvalue weighted by Crippen LogP contribution is 2.44. The first-order valence-electron chi connectivity index (χ1n) is 17.3. The van der Waals surface area contributed by atoms with E-state index in [0.29, 0.717) is 73.1 Å². The third kappa shape index (κ3) is 7.08. The number of rotatable bonds is 10. The summed E-state index contributed by atoms with van der Waals surface area (Å²) >= 11 is 7.20. The van der Waals surface area contributed by atoms with Crippen molar-refractivity contribution in [1.82, 2.24) is 35.4 Å². The van der Waals surface area contributed by atoms with Crippen molar-refractivity contribution in [3.8, 4) is 51.2 Å². The predicted octanol–water partition coefficient (Wildman–Crippen LogP) is 4.82. The van der Waals surface area contributed by atoms with Gasteiger partial charge in [0.15, 0.2) is 0 Å². The molecule has 51 heavy (non-hydrogen) atoms. The molecule has 2 N–H and O–H groups in total. The molecule has 5 heterocycles. The lowest BCUT2D eigenvalue weighted by Crippen LogP contribution is -2.47. The van der Waals surface area contributed by atoms with Crippen LogP contribution in [0.15, 0.2) is 48.7 Å². The van der Waals surface area contributed by atoms with Gasteiger partial charge in [-0.15, -0.1) is 0 Å². The van der Waals surface area contributed by atoms with Crippen LogP contribution in [0.2, 0.25) is 5.02 Å². The zero-order valence-electron chi connectivity index (χ0n) is 29.3. The number of nitrogens with zero attached hydrogens (tertiary/aromatic N) is 5. The lowest BCUT2D eigenvalue weighted by molar-refractivity contribution is -0.130. The number of halogens is 1. The highest BCUT2D eigenvalue weighted by Gasteiger charge is 2.32. The monoisotopic (exact) mass is 711 g/mol. The molecule has 2 aromatic heterocycles. The van der Waals surface area contributed by atoms with Crippen molar-refractivity contribution in [2.75, 3.05) is 53.6 Å². The highest BCUT2D eigenvalue weighted by atomic mass is 35.5. The second-order valence-electron chi connectivity index (χ2n) is 13.1. The number of aromatic nitrogens is 3. The average Bonchev–Trinajstić information content (AvgIpc) is 3.76. The molecular weight excluding hydrogens is 670 g/mol. The van der Waals surface area contributed by atoms with Crippen LogP contribution in [0.5, 0.6) is 17.5 Å². The summed E-state index contributed by atoms with van der Waals surface area (Å²) in [4.78, 5) is 42.1. The number of methoxy groups -OCH3 is 2. The number of pyridine rings is 1. The number of hydrogen-bond donors (Lipinski definition) is 2. The van der Waals surface area contributed by atoms with Crippen LogP contribution >= 0.6 is 11.6 Å². The number of piperazine rings is 1. The van der Waals surface area contributed by atoms with E-state index < -0.39 is 0 Å². The third-order valence-corrected chi connectivity index (χ3v) is 10.4. The fraction of sp³-hybridized carbons (Fsp3) is 0.395. The Morgan fingerprint density at radius 2 is 1.71 bits per heavy atom. The van der Waals surface area contributed by atoms with E-state index in [1.54, 1.807) is 27.3 Å². The number of benzene rings is 2. The molecule has 2 fully saturated rings. The maximum absolute atomic E-state index is 11.7. The van der Waals surface area contributed by atoms with E-state index in [1.807, 2.05) is 47.4 Å². The first-order valence-corrected chi connectivity index (χ1v) is 17.6. The van der Waals surface area contributed by atoms with Gasteiger partial charge >= 0.3 is 0 Å². The second-order valence-corrected chi connectivity index (χ2v) is 13.5. The molecule has 2 amide bonds. The Bertz CT molecular complexity index is 1970. The third-order valence-electron chi connectivity index (χ3n) is 10.00. The van der Waals surface area contributed by atoms with E-state index in [4.69, 9.17) is 40.8 Å². The summed E-state index contributed by atoms with van der Waals surface area (Å²) in [6.45, 7) is 8.27. The van der Waals surface area contributed by atoms with Gasteiger partial charge < -0.3 is 29.7 Å². The van der Waals surface area contributed by atoms with Gasteiger partial charge in [0.05, 0.1) is 48.4 Å². The van der Waals surface area contributed by atoms with Gasteiger partial charge in [-0.2, -0.15) is 0 Å². The Morgan fingerprint density at radius 3 is 2.41 bits per heavy atom. The summed E-state index contributed by atoms with van der Waals surface area (Å²) in [6, 6.07) is 13.9. The normalized spacial score (nSPS) is 18.7. The first kappa shape index (κ1) is 34.7.